The number of likely N-dealkylation sites (N-methyl/N-ethyl adjacent to an activating group) is 1. The molecule has 0 spiro atoms. The predicted molar refractivity (Wildman–Crippen MR) is 86.5 cm³/mol. The zero-order chi connectivity index (χ0) is 14.3. The lowest BCUT2D eigenvalue weighted by molar-refractivity contribution is -0.902. The molecule has 2 N–H and O–H groups in total. The summed E-state index contributed by atoms with van der Waals surface area (Å²) >= 11 is 0. The van der Waals surface area contributed by atoms with Crippen molar-refractivity contribution in [2.24, 2.45) is 5.73 Å². The number of ether oxygens (including phenoxy) is 1. The minimum atomic E-state index is -0.677. The van der Waals surface area contributed by atoms with Crippen molar-refractivity contribution in [1.82, 2.24) is 0 Å². The maximum atomic E-state index is 12.5. The Labute approximate surface area is 137 Å². The normalized spacial score (nSPS) is 11.8. The van der Waals surface area contributed by atoms with Gasteiger partial charge in [-0.15, -0.1) is 24.8 Å². The van der Waals surface area contributed by atoms with Crippen LogP contribution in [0.4, 0.5) is 4.39 Å². The third-order valence-electron chi connectivity index (χ3n) is 2.87. The Morgan fingerprint density at radius 3 is 2.38 bits per heavy atom. The van der Waals surface area contributed by atoms with Gasteiger partial charge in [0.15, 0.2) is 0 Å². The van der Waals surface area contributed by atoms with Gasteiger partial charge in [0.05, 0.1) is 14.1 Å². The third-order valence-corrected chi connectivity index (χ3v) is 2.87. The SMILES string of the molecule is C[N+](C)(CF)CCOC(=O)[C@@H](N)Cc1ccccc1.Cl.Cl. The first-order valence-corrected chi connectivity index (χ1v) is 6.29. The van der Waals surface area contributed by atoms with E-state index in [1.807, 2.05) is 30.3 Å². The Hall–Kier alpha value is -0.880. The molecule has 0 saturated heterocycles. The van der Waals surface area contributed by atoms with Gasteiger partial charge < -0.3 is 10.5 Å². The number of rotatable bonds is 7. The Morgan fingerprint density at radius 1 is 1.29 bits per heavy atom. The highest BCUT2D eigenvalue weighted by molar-refractivity contribution is 5.85. The lowest BCUT2D eigenvalue weighted by Crippen LogP contribution is -2.43. The molecule has 0 heterocycles. The van der Waals surface area contributed by atoms with E-state index in [-0.39, 0.29) is 35.9 Å². The number of benzene rings is 1. The van der Waals surface area contributed by atoms with Gasteiger partial charge >= 0.3 is 5.97 Å². The average molecular weight is 342 g/mol. The van der Waals surface area contributed by atoms with Gasteiger partial charge in [-0.05, 0) is 12.0 Å². The predicted octanol–water partition coefficient (Wildman–Crippen LogP) is 1.95. The molecule has 1 atom stereocenters. The summed E-state index contributed by atoms with van der Waals surface area (Å²) in [6.07, 6.45) is 0.445. The van der Waals surface area contributed by atoms with E-state index in [1.54, 1.807) is 14.1 Å². The van der Waals surface area contributed by atoms with Crippen molar-refractivity contribution in [1.29, 1.82) is 0 Å². The largest absolute Gasteiger partial charge is 0.459 e. The molecule has 1 aromatic carbocycles. The standard InChI is InChI=1S/C14H22FN2O2.2ClH/c1-17(2,11-15)8-9-19-14(18)13(16)10-12-6-4-3-5-7-12;;/h3-7,13H,8-11,16H2,1-2H3;2*1H/q+1;;/t13-;;/m0../s1. The topological polar surface area (TPSA) is 52.3 Å². The van der Waals surface area contributed by atoms with Crippen molar-refractivity contribution in [3.8, 4) is 0 Å². The van der Waals surface area contributed by atoms with Crippen LogP contribution in [0.5, 0.6) is 0 Å². The lowest BCUT2D eigenvalue weighted by atomic mass is 10.1. The number of alkyl halides is 1. The summed E-state index contributed by atoms with van der Waals surface area (Å²) in [6, 6.07) is 8.85. The quantitative estimate of drug-likeness (QED) is 0.468. The van der Waals surface area contributed by atoms with Crippen molar-refractivity contribution in [2.45, 2.75) is 12.5 Å². The molecule has 0 fully saturated rings. The number of halogens is 3. The first-order valence-electron chi connectivity index (χ1n) is 6.29. The van der Waals surface area contributed by atoms with E-state index >= 15 is 0 Å². The molecule has 0 aliphatic carbocycles. The van der Waals surface area contributed by atoms with Gasteiger partial charge in [-0.2, -0.15) is 4.39 Å². The van der Waals surface area contributed by atoms with Gasteiger partial charge in [0, 0.05) is 0 Å². The Balaban J connectivity index is 0. The van der Waals surface area contributed by atoms with Crippen LogP contribution in [0.25, 0.3) is 0 Å². The Bertz CT molecular complexity index is 405. The molecule has 0 amide bonds. The van der Waals surface area contributed by atoms with E-state index < -0.39 is 18.8 Å². The molecular formula is C14H24Cl2FN2O2+. The minimum absolute atomic E-state index is 0. The van der Waals surface area contributed by atoms with E-state index in [1.165, 1.54) is 0 Å². The first kappa shape index (κ1) is 22.4. The minimum Gasteiger partial charge on any atom is -0.459 e. The maximum absolute atomic E-state index is 12.5. The van der Waals surface area contributed by atoms with Crippen LogP contribution in [0, 0.1) is 0 Å². The fourth-order valence-electron chi connectivity index (χ4n) is 1.51. The monoisotopic (exact) mass is 341 g/mol. The summed E-state index contributed by atoms with van der Waals surface area (Å²) in [5, 5.41) is 0. The molecule has 0 aliphatic rings. The number of nitrogens with two attached hydrogens (primary N) is 1. The van der Waals surface area contributed by atoms with E-state index in [0.29, 0.717) is 13.0 Å². The summed E-state index contributed by atoms with van der Waals surface area (Å²) in [5.41, 5.74) is 6.77. The van der Waals surface area contributed by atoms with Crippen molar-refractivity contribution in [2.75, 3.05) is 34.0 Å². The van der Waals surface area contributed by atoms with E-state index in [9.17, 15) is 9.18 Å². The van der Waals surface area contributed by atoms with Crippen molar-refractivity contribution in [3.63, 3.8) is 0 Å². The van der Waals surface area contributed by atoms with Gasteiger partial charge in [0.25, 0.3) is 0 Å². The molecule has 1 rings (SSSR count). The number of nitrogens with zero attached hydrogens (tertiary/aromatic N) is 1. The zero-order valence-corrected chi connectivity index (χ0v) is 14.0. The van der Waals surface area contributed by atoms with Gasteiger partial charge in [0.1, 0.15) is 19.2 Å². The van der Waals surface area contributed by atoms with Crippen LogP contribution in [-0.2, 0) is 16.0 Å². The molecule has 1 aromatic rings. The van der Waals surface area contributed by atoms with Gasteiger partial charge in [0.2, 0.25) is 6.80 Å². The summed E-state index contributed by atoms with van der Waals surface area (Å²) in [5.74, 6) is -0.442. The third kappa shape index (κ3) is 8.88. The number of esters is 1. The molecule has 0 radical (unpaired) electrons. The van der Waals surface area contributed by atoms with Crippen molar-refractivity contribution >= 4 is 30.8 Å². The van der Waals surface area contributed by atoms with Crippen molar-refractivity contribution in [3.05, 3.63) is 35.9 Å². The molecule has 0 aliphatic heterocycles. The number of hydrogen-bond donors (Lipinski definition) is 1. The van der Waals surface area contributed by atoms with Crippen LogP contribution >= 0.6 is 24.8 Å². The average Bonchev–Trinajstić information content (AvgIpc) is 2.39. The van der Waals surface area contributed by atoms with Crippen LogP contribution in [0.15, 0.2) is 30.3 Å². The summed E-state index contributed by atoms with van der Waals surface area (Å²) in [7, 11) is 3.47. The molecule has 0 bridgehead atoms. The Kier molecular flexibility index (Phi) is 11.5. The van der Waals surface area contributed by atoms with Crippen LogP contribution < -0.4 is 5.73 Å². The second kappa shape index (κ2) is 10.8. The highest BCUT2D eigenvalue weighted by Gasteiger charge is 2.18. The lowest BCUT2D eigenvalue weighted by Gasteiger charge is -2.25. The maximum Gasteiger partial charge on any atom is 0.323 e. The van der Waals surface area contributed by atoms with E-state index in [2.05, 4.69) is 0 Å². The molecule has 0 saturated carbocycles. The number of quaternary nitrogens is 1. The van der Waals surface area contributed by atoms with E-state index in [0.717, 1.165) is 5.56 Å². The second-order valence-electron chi connectivity index (χ2n) is 5.24. The molecule has 4 nitrogen and oxygen atoms in total. The first-order chi connectivity index (χ1) is 8.94. The molecule has 0 aromatic heterocycles. The number of hydrogen-bond acceptors (Lipinski definition) is 3. The highest BCUT2D eigenvalue weighted by atomic mass is 35.5. The molecule has 21 heavy (non-hydrogen) atoms. The fraction of sp³-hybridized carbons (Fsp3) is 0.500. The Morgan fingerprint density at radius 2 is 1.86 bits per heavy atom. The number of carbonyl (C=O) groups is 1. The van der Waals surface area contributed by atoms with Crippen LogP contribution in [0.3, 0.4) is 0 Å². The zero-order valence-electron chi connectivity index (χ0n) is 12.3. The highest BCUT2D eigenvalue weighted by Crippen LogP contribution is 2.03. The summed E-state index contributed by atoms with van der Waals surface area (Å²) in [4.78, 5) is 11.7. The molecular weight excluding hydrogens is 318 g/mol. The van der Waals surface area contributed by atoms with E-state index in [4.69, 9.17) is 10.5 Å². The van der Waals surface area contributed by atoms with Crippen LogP contribution in [-0.4, -0.2) is 50.5 Å². The fourth-order valence-corrected chi connectivity index (χ4v) is 1.51. The summed E-state index contributed by atoms with van der Waals surface area (Å²) < 4.78 is 17.8. The van der Waals surface area contributed by atoms with Gasteiger partial charge in [-0.1, -0.05) is 30.3 Å². The second-order valence-corrected chi connectivity index (χ2v) is 5.24. The number of carbonyl (C=O) groups excluding carboxylic acids is 1. The smallest absolute Gasteiger partial charge is 0.323 e. The molecule has 0 unspecified atom stereocenters. The molecule has 122 valence electrons. The molecule has 7 heteroatoms. The van der Waals surface area contributed by atoms with Crippen LogP contribution in [0.1, 0.15) is 5.56 Å². The van der Waals surface area contributed by atoms with Gasteiger partial charge in [-0.3, -0.25) is 9.28 Å². The van der Waals surface area contributed by atoms with Crippen molar-refractivity contribution < 1.29 is 18.4 Å². The summed E-state index contributed by atoms with van der Waals surface area (Å²) in [6.45, 7) is 0.117. The van der Waals surface area contributed by atoms with Crippen LogP contribution in [0.2, 0.25) is 0 Å². The van der Waals surface area contributed by atoms with Gasteiger partial charge in [-0.25, -0.2) is 0 Å².